The topological polar surface area (TPSA) is 99.3 Å². The maximum Gasteiger partial charge on any atom is 0.352 e. The van der Waals surface area contributed by atoms with E-state index in [1.165, 1.54) is 12.1 Å². The van der Waals surface area contributed by atoms with Crippen LogP contribution in [-0.2, 0) is 16.4 Å². The Morgan fingerprint density at radius 2 is 1.95 bits per heavy atom. The van der Waals surface area contributed by atoms with E-state index in [-0.39, 0.29) is 23.0 Å². The van der Waals surface area contributed by atoms with E-state index in [1.807, 2.05) is 0 Å². The first-order valence-electron chi connectivity index (χ1n) is 6.04. The summed E-state index contributed by atoms with van der Waals surface area (Å²) < 4.78 is 38.9. The van der Waals surface area contributed by atoms with E-state index < -0.39 is 16.0 Å². The van der Waals surface area contributed by atoms with Crippen molar-refractivity contribution >= 4 is 16.0 Å². The molecular formula is C13H13FN2O4S. The van der Waals surface area contributed by atoms with Crippen LogP contribution in [0.4, 0.5) is 4.39 Å². The Bertz CT molecular complexity index is 738. The third-order valence-electron chi connectivity index (χ3n) is 2.82. The number of aromatic amines is 1. The zero-order valence-corrected chi connectivity index (χ0v) is 11.7. The molecule has 21 heavy (non-hydrogen) atoms. The normalized spacial score (nSPS) is 11.5. The van der Waals surface area contributed by atoms with Crippen molar-refractivity contribution in [3.05, 3.63) is 53.6 Å². The van der Waals surface area contributed by atoms with E-state index in [4.69, 9.17) is 5.11 Å². The number of carboxylic acid groups (broad SMARTS) is 1. The summed E-state index contributed by atoms with van der Waals surface area (Å²) in [4.78, 5) is 12.9. The van der Waals surface area contributed by atoms with Crippen LogP contribution in [0.3, 0.4) is 0 Å². The molecule has 2 rings (SSSR count). The highest BCUT2D eigenvalue weighted by atomic mass is 32.2. The number of aromatic carboxylic acids is 1. The van der Waals surface area contributed by atoms with Crippen molar-refractivity contribution in [2.75, 3.05) is 6.54 Å². The van der Waals surface area contributed by atoms with Crippen molar-refractivity contribution < 1.29 is 22.7 Å². The highest BCUT2D eigenvalue weighted by Crippen LogP contribution is 2.11. The molecule has 1 aromatic heterocycles. The van der Waals surface area contributed by atoms with Gasteiger partial charge in [-0.1, -0.05) is 12.1 Å². The first-order chi connectivity index (χ1) is 9.88. The van der Waals surface area contributed by atoms with Gasteiger partial charge < -0.3 is 10.1 Å². The van der Waals surface area contributed by atoms with Gasteiger partial charge in [0.2, 0.25) is 10.0 Å². The minimum atomic E-state index is -3.77. The molecule has 0 aliphatic rings. The van der Waals surface area contributed by atoms with Gasteiger partial charge in [-0.25, -0.2) is 22.3 Å². The second-order valence-electron chi connectivity index (χ2n) is 4.33. The fourth-order valence-corrected chi connectivity index (χ4v) is 2.74. The average molecular weight is 312 g/mol. The molecule has 0 amide bonds. The summed E-state index contributed by atoms with van der Waals surface area (Å²) >= 11 is 0. The maximum atomic E-state index is 12.7. The van der Waals surface area contributed by atoms with Crippen molar-refractivity contribution in [2.24, 2.45) is 0 Å². The number of hydrogen-bond acceptors (Lipinski definition) is 3. The fraction of sp³-hybridized carbons (Fsp3) is 0.154. The van der Waals surface area contributed by atoms with Gasteiger partial charge in [0.25, 0.3) is 0 Å². The molecule has 0 radical (unpaired) electrons. The van der Waals surface area contributed by atoms with E-state index in [1.54, 1.807) is 12.1 Å². The van der Waals surface area contributed by atoms with Gasteiger partial charge in [0, 0.05) is 12.7 Å². The van der Waals surface area contributed by atoms with Crippen molar-refractivity contribution in [2.45, 2.75) is 11.3 Å². The molecule has 0 saturated carbocycles. The van der Waals surface area contributed by atoms with Crippen LogP contribution in [0.5, 0.6) is 0 Å². The predicted octanol–water partition coefficient (Wildman–Crippen LogP) is 1.37. The van der Waals surface area contributed by atoms with Crippen molar-refractivity contribution in [1.29, 1.82) is 0 Å². The van der Waals surface area contributed by atoms with Gasteiger partial charge in [-0.2, -0.15) is 0 Å². The second-order valence-corrected chi connectivity index (χ2v) is 6.10. The van der Waals surface area contributed by atoms with E-state index in [9.17, 15) is 17.6 Å². The van der Waals surface area contributed by atoms with Crippen LogP contribution in [0.15, 0.2) is 41.4 Å². The van der Waals surface area contributed by atoms with Gasteiger partial charge in [-0.15, -0.1) is 0 Å². The summed E-state index contributed by atoms with van der Waals surface area (Å²) in [6.07, 6.45) is 1.51. The molecule has 0 unspecified atom stereocenters. The lowest BCUT2D eigenvalue weighted by molar-refractivity contribution is 0.0691. The Balaban J connectivity index is 1.97. The first kappa shape index (κ1) is 15.2. The summed E-state index contributed by atoms with van der Waals surface area (Å²) in [5.74, 6) is -1.59. The van der Waals surface area contributed by atoms with Crippen molar-refractivity contribution in [3.63, 3.8) is 0 Å². The third-order valence-corrected chi connectivity index (χ3v) is 4.26. The van der Waals surface area contributed by atoms with Crippen LogP contribution in [-0.4, -0.2) is 31.0 Å². The molecule has 8 heteroatoms. The van der Waals surface area contributed by atoms with E-state index in [0.717, 1.165) is 17.8 Å². The highest BCUT2D eigenvalue weighted by Gasteiger charge is 2.17. The molecule has 112 valence electrons. The summed E-state index contributed by atoms with van der Waals surface area (Å²) in [6.45, 7) is 0.127. The summed E-state index contributed by atoms with van der Waals surface area (Å²) in [5, 5.41) is 8.73. The number of benzene rings is 1. The number of rotatable bonds is 6. The monoisotopic (exact) mass is 312 g/mol. The molecule has 6 nitrogen and oxygen atoms in total. The quantitative estimate of drug-likeness (QED) is 0.750. The van der Waals surface area contributed by atoms with Crippen LogP contribution in [0.25, 0.3) is 0 Å². The molecule has 1 heterocycles. The number of carboxylic acids is 1. The Morgan fingerprint density at radius 1 is 1.29 bits per heavy atom. The first-order valence-corrected chi connectivity index (χ1v) is 7.52. The second kappa shape index (κ2) is 6.06. The Labute approximate surface area is 120 Å². The lowest BCUT2D eigenvalue weighted by atomic mass is 10.1. The maximum absolute atomic E-state index is 12.7. The largest absolute Gasteiger partial charge is 0.477 e. The molecule has 0 aliphatic heterocycles. The van der Waals surface area contributed by atoms with E-state index in [2.05, 4.69) is 9.71 Å². The fourth-order valence-electron chi connectivity index (χ4n) is 1.72. The zero-order valence-electron chi connectivity index (χ0n) is 10.8. The van der Waals surface area contributed by atoms with Crippen LogP contribution >= 0.6 is 0 Å². The minimum Gasteiger partial charge on any atom is -0.477 e. The molecule has 0 saturated heterocycles. The molecule has 0 aliphatic carbocycles. The Morgan fingerprint density at radius 3 is 2.52 bits per heavy atom. The molecule has 2 aromatic rings. The van der Waals surface area contributed by atoms with Crippen LogP contribution < -0.4 is 4.72 Å². The van der Waals surface area contributed by atoms with Crippen molar-refractivity contribution in [1.82, 2.24) is 9.71 Å². The third kappa shape index (κ3) is 3.89. The van der Waals surface area contributed by atoms with Crippen LogP contribution in [0.1, 0.15) is 16.1 Å². The summed E-state index contributed by atoms with van der Waals surface area (Å²) in [5.41, 5.74) is 0.591. The van der Waals surface area contributed by atoms with Crippen LogP contribution in [0.2, 0.25) is 0 Å². The lowest BCUT2D eigenvalue weighted by Gasteiger charge is -2.05. The number of carbonyl (C=O) groups is 1. The van der Waals surface area contributed by atoms with Gasteiger partial charge in [-0.3, -0.25) is 0 Å². The number of hydrogen-bond donors (Lipinski definition) is 3. The van der Waals surface area contributed by atoms with Gasteiger partial charge in [0.05, 0.1) is 0 Å². The van der Waals surface area contributed by atoms with E-state index in [0.29, 0.717) is 6.42 Å². The smallest absolute Gasteiger partial charge is 0.352 e. The highest BCUT2D eigenvalue weighted by molar-refractivity contribution is 7.89. The van der Waals surface area contributed by atoms with Gasteiger partial charge in [-0.05, 0) is 30.2 Å². The average Bonchev–Trinajstić information content (AvgIpc) is 2.91. The molecule has 0 bridgehead atoms. The minimum absolute atomic E-state index is 0.127. The number of sulfonamides is 1. The molecule has 3 N–H and O–H groups in total. The number of H-pyrrole nitrogens is 1. The molecule has 0 spiro atoms. The standard InChI is InChI=1S/C13H13FN2O4S/c14-10-3-1-9(2-4-10)5-6-16-21(19,20)11-7-12(13(17)18)15-8-11/h1-4,7-8,15-16H,5-6H2,(H,17,18). The molecular weight excluding hydrogens is 299 g/mol. The Hall–Kier alpha value is -2.19. The van der Waals surface area contributed by atoms with Crippen LogP contribution in [0, 0.1) is 5.82 Å². The zero-order chi connectivity index (χ0) is 15.5. The van der Waals surface area contributed by atoms with E-state index >= 15 is 0 Å². The van der Waals surface area contributed by atoms with Gasteiger partial charge in [0.15, 0.2) is 0 Å². The summed E-state index contributed by atoms with van der Waals surface area (Å²) in [6, 6.07) is 6.79. The summed E-state index contributed by atoms with van der Waals surface area (Å²) in [7, 11) is -3.77. The van der Waals surface area contributed by atoms with Gasteiger partial charge in [0.1, 0.15) is 16.4 Å². The predicted molar refractivity (Wildman–Crippen MR) is 73.0 cm³/mol. The SMILES string of the molecule is O=C(O)c1cc(S(=O)(=O)NCCc2ccc(F)cc2)c[nH]1. The van der Waals surface area contributed by atoms with Gasteiger partial charge >= 0.3 is 5.97 Å². The van der Waals surface area contributed by atoms with Crippen molar-refractivity contribution in [3.8, 4) is 0 Å². The molecule has 0 fully saturated rings. The lowest BCUT2D eigenvalue weighted by Crippen LogP contribution is -2.25. The number of nitrogens with one attached hydrogen (secondary N) is 2. The molecule has 1 aromatic carbocycles. The number of aromatic nitrogens is 1. The Kier molecular flexibility index (Phi) is 4.39. The molecule has 0 atom stereocenters. The number of halogens is 1.